The second-order valence-corrected chi connectivity index (χ2v) is 5.68. The number of hydrogen-bond donors (Lipinski definition) is 2. The van der Waals surface area contributed by atoms with E-state index < -0.39 is 0 Å². The van der Waals surface area contributed by atoms with E-state index in [9.17, 15) is 5.11 Å². The highest BCUT2D eigenvalue weighted by Crippen LogP contribution is 2.64. The molecule has 1 aromatic heterocycles. The maximum absolute atomic E-state index is 9.64. The number of H-pyrrole nitrogens is 1. The van der Waals surface area contributed by atoms with Gasteiger partial charge in [0.15, 0.2) is 0 Å². The summed E-state index contributed by atoms with van der Waals surface area (Å²) >= 11 is 0. The molecule has 0 aromatic carbocycles. The molecule has 3 heteroatoms. The minimum atomic E-state index is -0.0541. The predicted molar refractivity (Wildman–Crippen MR) is 57.8 cm³/mol. The van der Waals surface area contributed by atoms with Crippen molar-refractivity contribution in [2.24, 2.45) is 5.41 Å². The van der Waals surface area contributed by atoms with Gasteiger partial charge in [0.2, 0.25) is 0 Å². The molecular formula is C12H18N2O. The van der Waals surface area contributed by atoms with Gasteiger partial charge >= 0.3 is 0 Å². The standard InChI is InChI=1S/C12H18N2O/c1-11(2)6-12(11,7-15)10-8-4-3-5-9(8)13-14-10/h15H,3-7H2,1-2H3,(H,13,14). The van der Waals surface area contributed by atoms with Crippen LogP contribution in [0.1, 0.15) is 43.6 Å². The molecule has 15 heavy (non-hydrogen) atoms. The van der Waals surface area contributed by atoms with E-state index in [2.05, 4.69) is 24.0 Å². The first-order chi connectivity index (χ1) is 7.11. The highest BCUT2D eigenvalue weighted by Gasteiger charge is 2.64. The SMILES string of the molecule is CC1(C)CC1(CO)c1n[nH]c2c1CCC2. The molecule has 1 unspecified atom stereocenters. The Morgan fingerprint density at radius 1 is 1.40 bits per heavy atom. The van der Waals surface area contributed by atoms with Crippen LogP contribution in [-0.2, 0) is 18.3 Å². The predicted octanol–water partition coefficient (Wildman–Crippen LogP) is 1.56. The first-order valence-corrected chi connectivity index (χ1v) is 5.78. The van der Waals surface area contributed by atoms with Crippen molar-refractivity contribution in [3.05, 3.63) is 17.0 Å². The van der Waals surface area contributed by atoms with Gasteiger partial charge in [-0.05, 0) is 36.7 Å². The number of fused-ring (bicyclic) bond motifs is 1. The molecule has 3 rings (SSSR count). The number of aromatic nitrogens is 2. The highest BCUT2D eigenvalue weighted by atomic mass is 16.3. The van der Waals surface area contributed by atoms with Crippen LogP contribution in [0.15, 0.2) is 0 Å². The molecule has 2 aliphatic rings. The fourth-order valence-electron chi connectivity index (χ4n) is 3.17. The molecule has 0 aliphatic heterocycles. The molecule has 0 radical (unpaired) electrons. The van der Waals surface area contributed by atoms with E-state index >= 15 is 0 Å². The van der Waals surface area contributed by atoms with Gasteiger partial charge in [-0.2, -0.15) is 5.10 Å². The summed E-state index contributed by atoms with van der Waals surface area (Å²) in [6, 6.07) is 0. The Balaban J connectivity index is 2.07. The van der Waals surface area contributed by atoms with E-state index in [-0.39, 0.29) is 17.4 Å². The first kappa shape index (κ1) is 9.40. The average molecular weight is 206 g/mol. The van der Waals surface area contributed by atoms with Crippen LogP contribution < -0.4 is 0 Å². The van der Waals surface area contributed by atoms with Gasteiger partial charge in [0.05, 0.1) is 12.3 Å². The lowest BCUT2D eigenvalue weighted by molar-refractivity contribution is 0.228. The van der Waals surface area contributed by atoms with Crippen LogP contribution in [0.4, 0.5) is 0 Å². The third-order valence-corrected chi connectivity index (χ3v) is 4.44. The monoisotopic (exact) mass is 206 g/mol. The van der Waals surface area contributed by atoms with Crippen molar-refractivity contribution in [3.63, 3.8) is 0 Å². The van der Waals surface area contributed by atoms with E-state index in [1.54, 1.807) is 0 Å². The summed E-state index contributed by atoms with van der Waals surface area (Å²) in [6.07, 6.45) is 4.57. The Morgan fingerprint density at radius 2 is 2.13 bits per heavy atom. The third-order valence-electron chi connectivity index (χ3n) is 4.44. The van der Waals surface area contributed by atoms with Gasteiger partial charge in [0, 0.05) is 11.1 Å². The quantitative estimate of drug-likeness (QED) is 0.771. The van der Waals surface area contributed by atoms with Crippen molar-refractivity contribution >= 4 is 0 Å². The van der Waals surface area contributed by atoms with E-state index in [4.69, 9.17) is 0 Å². The molecule has 0 amide bonds. The van der Waals surface area contributed by atoms with Gasteiger partial charge in [-0.15, -0.1) is 0 Å². The van der Waals surface area contributed by atoms with Crippen LogP contribution in [0, 0.1) is 5.41 Å². The number of hydrogen-bond acceptors (Lipinski definition) is 2. The Morgan fingerprint density at radius 3 is 2.73 bits per heavy atom. The number of aliphatic hydroxyl groups excluding tert-OH is 1. The molecule has 82 valence electrons. The van der Waals surface area contributed by atoms with Crippen LogP contribution in [0.25, 0.3) is 0 Å². The smallest absolute Gasteiger partial charge is 0.0747 e. The summed E-state index contributed by atoms with van der Waals surface area (Å²) in [7, 11) is 0. The van der Waals surface area contributed by atoms with Gasteiger partial charge in [0.25, 0.3) is 0 Å². The largest absolute Gasteiger partial charge is 0.395 e. The van der Waals surface area contributed by atoms with Crippen molar-refractivity contribution in [3.8, 4) is 0 Å². The van der Waals surface area contributed by atoms with E-state index in [0.29, 0.717) is 0 Å². The maximum Gasteiger partial charge on any atom is 0.0747 e. The molecule has 1 saturated carbocycles. The van der Waals surface area contributed by atoms with Crippen LogP contribution in [-0.4, -0.2) is 21.9 Å². The van der Waals surface area contributed by atoms with E-state index in [1.807, 2.05) is 0 Å². The molecule has 0 spiro atoms. The number of aliphatic hydroxyl groups is 1. The second-order valence-electron chi connectivity index (χ2n) is 5.68. The van der Waals surface area contributed by atoms with E-state index in [0.717, 1.165) is 25.0 Å². The van der Waals surface area contributed by atoms with Crippen molar-refractivity contribution in [2.75, 3.05) is 6.61 Å². The Hall–Kier alpha value is -0.830. The van der Waals surface area contributed by atoms with Crippen molar-refractivity contribution < 1.29 is 5.11 Å². The molecule has 1 heterocycles. The summed E-state index contributed by atoms with van der Waals surface area (Å²) in [6.45, 7) is 4.68. The van der Waals surface area contributed by atoms with Gasteiger partial charge in [-0.25, -0.2) is 0 Å². The van der Waals surface area contributed by atoms with Gasteiger partial charge in [0.1, 0.15) is 0 Å². The molecule has 2 aliphatic carbocycles. The Bertz CT molecular complexity index is 408. The Kier molecular flexibility index (Phi) is 1.66. The highest BCUT2D eigenvalue weighted by molar-refractivity contribution is 5.41. The minimum absolute atomic E-state index is 0.0541. The normalized spacial score (nSPS) is 31.7. The number of nitrogens with one attached hydrogen (secondary N) is 1. The lowest BCUT2D eigenvalue weighted by atomic mass is 9.90. The summed E-state index contributed by atoms with van der Waals surface area (Å²) < 4.78 is 0. The van der Waals surface area contributed by atoms with Crippen LogP contribution in [0.5, 0.6) is 0 Å². The van der Waals surface area contributed by atoms with Crippen molar-refractivity contribution in [1.29, 1.82) is 0 Å². The zero-order valence-electron chi connectivity index (χ0n) is 9.43. The zero-order valence-corrected chi connectivity index (χ0v) is 9.43. The van der Waals surface area contributed by atoms with Crippen LogP contribution in [0.2, 0.25) is 0 Å². The maximum atomic E-state index is 9.64. The first-order valence-electron chi connectivity index (χ1n) is 5.78. The molecule has 0 saturated heterocycles. The van der Waals surface area contributed by atoms with Crippen molar-refractivity contribution in [1.82, 2.24) is 10.2 Å². The zero-order chi connectivity index (χ0) is 10.7. The fraction of sp³-hybridized carbons (Fsp3) is 0.750. The summed E-state index contributed by atoms with van der Waals surface area (Å²) in [5, 5.41) is 17.2. The molecule has 2 N–H and O–H groups in total. The topological polar surface area (TPSA) is 48.9 Å². The summed E-state index contributed by atoms with van der Waals surface area (Å²) in [4.78, 5) is 0. The molecular weight excluding hydrogens is 188 g/mol. The molecule has 0 bridgehead atoms. The van der Waals surface area contributed by atoms with E-state index in [1.165, 1.54) is 17.7 Å². The second kappa shape index (κ2) is 2.64. The number of aryl methyl sites for hydroxylation is 1. The fourth-order valence-corrected chi connectivity index (χ4v) is 3.17. The summed E-state index contributed by atoms with van der Waals surface area (Å²) in [5.41, 5.74) is 4.02. The lowest BCUT2D eigenvalue weighted by Crippen LogP contribution is -2.21. The van der Waals surface area contributed by atoms with Crippen LogP contribution >= 0.6 is 0 Å². The third kappa shape index (κ3) is 1.02. The van der Waals surface area contributed by atoms with Crippen LogP contribution in [0.3, 0.4) is 0 Å². The van der Waals surface area contributed by atoms with Gasteiger partial charge < -0.3 is 5.11 Å². The molecule has 3 nitrogen and oxygen atoms in total. The lowest BCUT2D eigenvalue weighted by Gasteiger charge is -2.16. The summed E-state index contributed by atoms with van der Waals surface area (Å²) in [5.74, 6) is 0. The number of rotatable bonds is 2. The molecule has 1 fully saturated rings. The molecule has 1 aromatic rings. The van der Waals surface area contributed by atoms with Crippen molar-refractivity contribution in [2.45, 2.75) is 44.9 Å². The van der Waals surface area contributed by atoms with Gasteiger partial charge in [-0.1, -0.05) is 13.8 Å². The number of aromatic amines is 1. The van der Waals surface area contributed by atoms with Gasteiger partial charge in [-0.3, -0.25) is 5.10 Å². The average Bonchev–Trinajstić information content (AvgIpc) is 2.61. The molecule has 1 atom stereocenters. The number of nitrogens with zero attached hydrogens (tertiary/aromatic N) is 1. The minimum Gasteiger partial charge on any atom is -0.395 e. The Labute approximate surface area is 89.9 Å².